The van der Waals surface area contributed by atoms with Crippen molar-refractivity contribution >= 4 is 44.8 Å². The van der Waals surface area contributed by atoms with Gasteiger partial charge in [0.1, 0.15) is 17.2 Å². The van der Waals surface area contributed by atoms with E-state index in [1.54, 1.807) is 19.1 Å². The maximum atomic E-state index is 12.1. The number of anilines is 1. The highest BCUT2D eigenvalue weighted by atomic mass is 79.9. The van der Waals surface area contributed by atoms with E-state index in [2.05, 4.69) is 21.2 Å². The molecule has 1 N–H and O–H groups in total. The van der Waals surface area contributed by atoms with E-state index in [1.165, 1.54) is 25.3 Å². The van der Waals surface area contributed by atoms with Gasteiger partial charge in [0.25, 0.3) is 11.6 Å². The number of benzene rings is 2. The molecule has 132 valence electrons. The van der Waals surface area contributed by atoms with E-state index in [1.807, 2.05) is 0 Å². The van der Waals surface area contributed by atoms with Crippen molar-refractivity contribution in [2.24, 2.45) is 0 Å². The Morgan fingerprint density at radius 2 is 2.08 bits per heavy atom. The molecule has 0 aliphatic rings. The molecule has 0 aromatic heterocycles. The number of aryl methyl sites for hydroxylation is 1. The summed E-state index contributed by atoms with van der Waals surface area (Å²) in [5.41, 5.74) is 0.534. The third kappa shape index (κ3) is 4.83. The van der Waals surface area contributed by atoms with Gasteiger partial charge >= 0.3 is 0 Å². The number of ether oxygens (including phenoxy) is 2. The molecule has 2 aromatic carbocycles. The number of hydrogen-bond acceptors (Lipinski definition) is 5. The molecule has 0 saturated heterocycles. The van der Waals surface area contributed by atoms with E-state index >= 15 is 0 Å². The number of nitro groups is 1. The molecular weight excluding hydrogens is 416 g/mol. The number of nitrogens with one attached hydrogen (secondary N) is 1. The van der Waals surface area contributed by atoms with Gasteiger partial charge in [0.2, 0.25) is 0 Å². The van der Waals surface area contributed by atoms with Crippen molar-refractivity contribution in [1.82, 2.24) is 0 Å². The lowest BCUT2D eigenvalue weighted by atomic mass is 10.2. The standard InChI is InChI=1S/C16H14BrClN2O5/c1-9-5-10(17)6-12(18)16(9)25-8-15(21)19-13-4-3-11(24-2)7-14(13)20(22)23/h3-7H,8H2,1-2H3,(H,19,21). The van der Waals surface area contributed by atoms with Crippen LogP contribution < -0.4 is 14.8 Å². The predicted octanol–water partition coefficient (Wildman–Crippen LogP) is 4.35. The van der Waals surface area contributed by atoms with Gasteiger partial charge in [-0.15, -0.1) is 0 Å². The van der Waals surface area contributed by atoms with Crippen molar-refractivity contribution in [3.05, 3.63) is 55.5 Å². The summed E-state index contributed by atoms with van der Waals surface area (Å²) in [5, 5.41) is 13.9. The molecule has 25 heavy (non-hydrogen) atoms. The Kier molecular flexibility index (Phi) is 6.22. The first kappa shape index (κ1) is 19.0. The highest BCUT2D eigenvalue weighted by Crippen LogP contribution is 2.32. The summed E-state index contributed by atoms with van der Waals surface area (Å²) in [6.07, 6.45) is 0. The summed E-state index contributed by atoms with van der Waals surface area (Å²) in [7, 11) is 1.40. The zero-order valence-corrected chi connectivity index (χ0v) is 15.7. The summed E-state index contributed by atoms with van der Waals surface area (Å²) in [4.78, 5) is 22.6. The van der Waals surface area contributed by atoms with Crippen LogP contribution >= 0.6 is 27.5 Å². The molecule has 0 bridgehead atoms. The van der Waals surface area contributed by atoms with Gasteiger partial charge in [0.15, 0.2) is 6.61 Å². The molecule has 2 rings (SSSR count). The number of carbonyl (C=O) groups is 1. The van der Waals surface area contributed by atoms with Crippen LogP contribution in [0.25, 0.3) is 0 Å². The van der Waals surface area contributed by atoms with Crippen molar-refractivity contribution in [3.8, 4) is 11.5 Å². The van der Waals surface area contributed by atoms with Crippen LogP contribution in [0.5, 0.6) is 11.5 Å². The topological polar surface area (TPSA) is 90.7 Å². The van der Waals surface area contributed by atoms with E-state index in [0.717, 1.165) is 10.0 Å². The Morgan fingerprint density at radius 1 is 1.36 bits per heavy atom. The maximum Gasteiger partial charge on any atom is 0.296 e. The molecule has 0 aliphatic carbocycles. The van der Waals surface area contributed by atoms with Gasteiger partial charge in [0.05, 0.1) is 23.1 Å². The molecule has 0 unspecified atom stereocenters. The zero-order valence-electron chi connectivity index (χ0n) is 13.3. The Balaban J connectivity index is 2.10. The maximum absolute atomic E-state index is 12.1. The largest absolute Gasteiger partial charge is 0.496 e. The fourth-order valence-electron chi connectivity index (χ4n) is 2.09. The van der Waals surface area contributed by atoms with Crippen molar-refractivity contribution in [1.29, 1.82) is 0 Å². The van der Waals surface area contributed by atoms with Crippen LogP contribution in [-0.4, -0.2) is 24.5 Å². The third-order valence-corrected chi connectivity index (χ3v) is 3.96. The molecule has 1 amide bonds. The molecule has 0 atom stereocenters. The quantitative estimate of drug-likeness (QED) is 0.545. The van der Waals surface area contributed by atoms with Crippen LogP contribution in [0.4, 0.5) is 11.4 Å². The summed E-state index contributed by atoms with van der Waals surface area (Å²) in [6, 6.07) is 7.59. The predicted molar refractivity (Wildman–Crippen MR) is 97.7 cm³/mol. The molecule has 0 fully saturated rings. The molecule has 0 spiro atoms. The SMILES string of the molecule is COc1ccc(NC(=O)COc2c(C)cc(Br)cc2Cl)c([N+](=O)[O-])c1. The van der Waals surface area contributed by atoms with Crippen LogP contribution in [0.15, 0.2) is 34.8 Å². The van der Waals surface area contributed by atoms with Crippen molar-refractivity contribution < 1.29 is 19.2 Å². The number of carbonyl (C=O) groups excluding carboxylic acids is 1. The summed E-state index contributed by atoms with van der Waals surface area (Å²) in [6.45, 7) is 1.45. The number of nitro benzene ring substituents is 1. The second-order valence-corrected chi connectivity index (χ2v) is 6.33. The smallest absolute Gasteiger partial charge is 0.296 e. The van der Waals surface area contributed by atoms with Gasteiger partial charge in [-0.1, -0.05) is 27.5 Å². The summed E-state index contributed by atoms with van der Waals surface area (Å²) < 4.78 is 11.2. The second kappa shape index (κ2) is 8.17. The number of nitrogens with zero attached hydrogens (tertiary/aromatic N) is 1. The Morgan fingerprint density at radius 3 is 2.68 bits per heavy atom. The van der Waals surface area contributed by atoms with E-state index in [-0.39, 0.29) is 18.0 Å². The summed E-state index contributed by atoms with van der Waals surface area (Å²) in [5.74, 6) is 0.147. The third-order valence-electron chi connectivity index (χ3n) is 3.22. The normalized spacial score (nSPS) is 10.2. The van der Waals surface area contributed by atoms with E-state index in [0.29, 0.717) is 16.5 Å². The molecule has 0 saturated carbocycles. The van der Waals surface area contributed by atoms with Crippen LogP contribution in [-0.2, 0) is 4.79 Å². The van der Waals surface area contributed by atoms with Crippen molar-refractivity contribution in [3.63, 3.8) is 0 Å². The Labute approximate surface area is 157 Å². The monoisotopic (exact) mass is 428 g/mol. The highest BCUT2D eigenvalue weighted by Gasteiger charge is 2.18. The van der Waals surface area contributed by atoms with Gasteiger partial charge in [-0.3, -0.25) is 14.9 Å². The Hall–Kier alpha value is -2.32. The first-order valence-corrected chi connectivity index (χ1v) is 8.19. The average molecular weight is 430 g/mol. The Bertz CT molecular complexity index is 805. The second-order valence-electron chi connectivity index (χ2n) is 5.01. The molecule has 9 heteroatoms. The molecular formula is C16H14BrClN2O5. The van der Waals surface area contributed by atoms with E-state index < -0.39 is 10.8 Å². The molecule has 0 aliphatic heterocycles. The lowest BCUT2D eigenvalue weighted by molar-refractivity contribution is -0.384. The molecule has 0 heterocycles. The molecule has 7 nitrogen and oxygen atoms in total. The van der Waals surface area contributed by atoms with Crippen LogP contribution in [0.3, 0.4) is 0 Å². The van der Waals surface area contributed by atoms with Crippen LogP contribution in [0.1, 0.15) is 5.56 Å². The van der Waals surface area contributed by atoms with E-state index in [9.17, 15) is 14.9 Å². The molecule has 0 radical (unpaired) electrons. The number of amides is 1. The minimum atomic E-state index is -0.602. The van der Waals surface area contributed by atoms with Gasteiger partial charge in [-0.05, 0) is 36.8 Å². The fourth-order valence-corrected chi connectivity index (χ4v) is 3.12. The van der Waals surface area contributed by atoms with E-state index in [4.69, 9.17) is 21.1 Å². The fraction of sp³-hybridized carbons (Fsp3) is 0.188. The van der Waals surface area contributed by atoms with Gasteiger partial charge in [0, 0.05) is 4.47 Å². The van der Waals surface area contributed by atoms with Crippen LogP contribution in [0, 0.1) is 17.0 Å². The zero-order chi connectivity index (χ0) is 18.6. The minimum absolute atomic E-state index is 0.0537. The minimum Gasteiger partial charge on any atom is -0.496 e. The summed E-state index contributed by atoms with van der Waals surface area (Å²) >= 11 is 9.40. The van der Waals surface area contributed by atoms with Gasteiger partial charge in [-0.2, -0.15) is 0 Å². The number of rotatable bonds is 6. The highest BCUT2D eigenvalue weighted by molar-refractivity contribution is 9.10. The van der Waals surface area contributed by atoms with Crippen molar-refractivity contribution in [2.75, 3.05) is 19.0 Å². The van der Waals surface area contributed by atoms with Crippen LogP contribution in [0.2, 0.25) is 5.02 Å². The lowest BCUT2D eigenvalue weighted by Gasteiger charge is -2.12. The molecule has 2 aromatic rings. The average Bonchev–Trinajstić information content (AvgIpc) is 2.53. The lowest BCUT2D eigenvalue weighted by Crippen LogP contribution is -2.21. The first-order valence-electron chi connectivity index (χ1n) is 7.02. The number of halogens is 2. The number of methoxy groups -OCH3 is 1. The van der Waals surface area contributed by atoms with Gasteiger partial charge in [-0.25, -0.2) is 0 Å². The first-order chi connectivity index (χ1) is 11.8. The number of hydrogen-bond donors (Lipinski definition) is 1. The van der Waals surface area contributed by atoms with Crippen molar-refractivity contribution in [2.45, 2.75) is 6.92 Å². The van der Waals surface area contributed by atoms with Gasteiger partial charge < -0.3 is 14.8 Å².